The van der Waals surface area contributed by atoms with E-state index in [4.69, 9.17) is 9.44 Å². The Balaban J connectivity index is 1.87. The first kappa shape index (κ1) is 12.2. The molecule has 0 aliphatic rings. The van der Waals surface area contributed by atoms with Gasteiger partial charge in [-0.3, -0.25) is 0 Å². The second-order valence-corrected chi connectivity index (χ2v) is 5.06. The van der Waals surface area contributed by atoms with Crippen LogP contribution in [-0.4, -0.2) is 12.5 Å². The SMILES string of the molecule is O[B]c1ccc(-c2ccc3c(c2)oc2ccccc23)cc1. The Morgan fingerprint density at radius 1 is 0.714 bits per heavy atom. The van der Waals surface area contributed by atoms with Crippen LogP contribution in [0.3, 0.4) is 0 Å². The van der Waals surface area contributed by atoms with Gasteiger partial charge in [0.2, 0.25) is 0 Å². The smallest absolute Gasteiger partial charge is 0.326 e. The Hall–Kier alpha value is -2.52. The lowest BCUT2D eigenvalue weighted by Gasteiger charge is -2.02. The number of hydrogen-bond acceptors (Lipinski definition) is 2. The first-order valence-electron chi connectivity index (χ1n) is 6.84. The third-order valence-corrected chi connectivity index (χ3v) is 3.77. The lowest BCUT2D eigenvalue weighted by molar-refractivity contribution is 0.615. The molecule has 0 amide bonds. The van der Waals surface area contributed by atoms with Gasteiger partial charge in [0.05, 0.1) is 0 Å². The predicted molar refractivity (Wildman–Crippen MR) is 86.8 cm³/mol. The molecule has 0 fully saturated rings. The molecule has 4 rings (SSSR count). The van der Waals surface area contributed by atoms with Gasteiger partial charge in [0.1, 0.15) is 11.2 Å². The van der Waals surface area contributed by atoms with Gasteiger partial charge in [0, 0.05) is 10.8 Å². The van der Waals surface area contributed by atoms with E-state index in [1.807, 2.05) is 42.5 Å². The molecule has 1 N–H and O–H groups in total. The average Bonchev–Trinajstić information content (AvgIpc) is 2.92. The maximum Gasteiger partial charge on any atom is 0.326 e. The van der Waals surface area contributed by atoms with Gasteiger partial charge in [-0.1, -0.05) is 54.0 Å². The van der Waals surface area contributed by atoms with Gasteiger partial charge in [-0.15, -0.1) is 0 Å². The summed E-state index contributed by atoms with van der Waals surface area (Å²) in [5, 5.41) is 11.3. The van der Waals surface area contributed by atoms with Crippen molar-refractivity contribution in [1.82, 2.24) is 0 Å². The van der Waals surface area contributed by atoms with Crippen molar-refractivity contribution in [3.8, 4) is 11.1 Å². The highest BCUT2D eigenvalue weighted by atomic mass is 16.3. The Morgan fingerprint density at radius 3 is 2.24 bits per heavy atom. The minimum absolute atomic E-state index is 0.795. The molecule has 0 saturated carbocycles. The maximum atomic E-state index is 8.98. The summed E-state index contributed by atoms with van der Waals surface area (Å²) in [6.07, 6.45) is 0. The Morgan fingerprint density at radius 2 is 1.43 bits per heavy atom. The molecule has 3 heteroatoms. The van der Waals surface area contributed by atoms with E-state index >= 15 is 0 Å². The zero-order valence-corrected chi connectivity index (χ0v) is 11.3. The van der Waals surface area contributed by atoms with E-state index in [9.17, 15) is 0 Å². The van der Waals surface area contributed by atoms with Crippen LogP contribution in [0.4, 0.5) is 0 Å². The summed E-state index contributed by atoms with van der Waals surface area (Å²) in [4.78, 5) is 0. The normalized spacial score (nSPS) is 11.1. The standard InChI is InChI=1S/C18H12BO2/c20-19-14-8-5-12(6-9-14)13-7-10-16-15-3-1-2-4-17(15)21-18(16)11-13/h1-11,20H. The molecule has 1 heterocycles. The zero-order chi connectivity index (χ0) is 14.2. The van der Waals surface area contributed by atoms with Gasteiger partial charge >= 0.3 is 7.48 Å². The van der Waals surface area contributed by atoms with Crippen LogP contribution in [-0.2, 0) is 0 Å². The van der Waals surface area contributed by atoms with Crippen molar-refractivity contribution in [3.63, 3.8) is 0 Å². The molecule has 4 aromatic rings. The number of fused-ring (bicyclic) bond motifs is 3. The summed E-state index contributed by atoms with van der Waals surface area (Å²) < 4.78 is 5.91. The topological polar surface area (TPSA) is 33.4 Å². The third-order valence-electron chi connectivity index (χ3n) is 3.77. The van der Waals surface area contributed by atoms with Crippen LogP contribution in [0.5, 0.6) is 0 Å². The molecule has 0 saturated heterocycles. The molecule has 1 radical (unpaired) electrons. The molecule has 0 unspecified atom stereocenters. The van der Waals surface area contributed by atoms with Crippen LogP contribution in [0.15, 0.2) is 71.1 Å². The number of rotatable bonds is 2. The van der Waals surface area contributed by atoms with Gasteiger partial charge in [0.15, 0.2) is 0 Å². The molecule has 99 valence electrons. The van der Waals surface area contributed by atoms with Crippen molar-refractivity contribution in [1.29, 1.82) is 0 Å². The van der Waals surface area contributed by atoms with Crippen molar-refractivity contribution in [2.45, 2.75) is 0 Å². The van der Waals surface area contributed by atoms with Crippen molar-refractivity contribution in [3.05, 3.63) is 66.7 Å². The monoisotopic (exact) mass is 271 g/mol. The summed E-state index contributed by atoms with van der Waals surface area (Å²) in [5.74, 6) is 0. The molecular weight excluding hydrogens is 259 g/mol. The number of para-hydroxylation sites is 1. The minimum atomic E-state index is 0.795. The van der Waals surface area contributed by atoms with Crippen LogP contribution >= 0.6 is 0 Å². The number of hydrogen-bond donors (Lipinski definition) is 1. The minimum Gasteiger partial charge on any atom is -0.456 e. The van der Waals surface area contributed by atoms with Crippen molar-refractivity contribution in [2.24, 2.45) is 0 Å². The second-order valence-electron chi connectivity index (χ2n) is 5.06. The molecule has 0 aliphatic carbocycles. The van der Waals surface area contributed by atoms with Gasteiger partial charge < -0.3 is 9.44 Å². The highest BCUT2D eigenvalue weighted by Crippen LogP contribution is 2.31. The van der Waals surface area contributed by atoms with Crippen LogP contribution in [0, 0.1) is 0 Å². The summed E-state index contributed by atoms with van der Waals surface area (Å²) in [6, 6.07) is 22.1. The number of benzene rings is 3. The fraction of sp³-hybridized carbons (Fsp3) is 0. The fourth-order valence-electron chi connectivity index (χ4n) is 2.67. The highest BCUT2D eigenvalue weighted by Gasteiger charge is 2.07. The lowest BCUT2D eigenvalue weighted by Crippen LogP contribution is -2.11. The summed E-state index contributed by atoms with van der Waals surface area (Å²) in [5.41, 5.74) is 4.80. The lowest BCUT2D eigenvalue weighted by atomic mass is 9.87. The highest BCUT2D eigenvalue weighted by molar-refractivity contribution is 6.45. The van der Waals surface area contributed by atoms with Crippen molar-refractivity contribution < 1.29 is 9.44 Å². The molecule has 0 spiro atoms. The van der Waals surface area contributed by atoms with E-state index in [-0.39, 0.29) is 0 Å². The van der Waals surface area contributed by atoms with Crippen molar-refractivity contribution >= 4 is 34.9 Å². The van der Waals surface area contributed by atoms with E-state index in [1.165, 1.54) is 0 Å². The quantitative estimate of drug-likeness (QED) is 0.566. The molecule has 0 atom stereocenters. The summed E-state index contributed by atoms with van der Waals surface area (Å²) in [6.45, 7) is 0. The van der Waals surface area contributed by atoms with Crippen LogP contribution < -0.4 is 5.46 Å². The largest absolute Gasteiger partial charge is 0.456 e. The van der Waals surface area contributed by atoms with E-state index in [2.05, 4.69) is 24.3 Å². The van der Waals surface area contributed by atoms with E-state index in [1.54, 1.807) is 0 Å². The summed E-state index contributed by atoms with van der Waals surface area (Å²) in [7, 11) is 1.10. The van der Waals surface area contributed by atoms with Crippen LogP contribution in [0.25, 0.3) is 33.1 Å². The van der Waals surface area contributed by atoms with E-state index in [0.717, 1.165) is 46.0 Å². The predicted octanol–water partition coefficient (Wildman–Crippen LogP) is 3.49. The van der Waals surface area contributed by atoms with Gasteiger partial charge in [-0.25, -0.2) is 0 Å². The first-order chi connectivity index (χ1) is 10.3. The fourth-order valence-corrected chi connectivity index (χ4v) is 2.67. The Bertz CT molecular complexity index is 923. The molecule has 1 aromatic heterocycles. The van der Waals surface area contributed by atoms with E-state index in [0.29, 0.717) is 0 Å². The van der Waals surface area contributed by atoms with Gasteiger partial charge in [0.25, 0.3) is 0 Å². The Labute approximate surface area is 122 Å². The van der Waals surface area contributed by atoms with Crippen LogP contribution in [0.2, 0.25) is 0 Å². The molecule has 0 bridgehead atoms. The molecule has 3 aromatic carbocycles. The van der Waals surface area contributed by atoms with E-state index < -0.39 is 0 Å². The Kier molecular flexibility index (Phi) is 2.79. The number of furan rings is 1. The maximum absolute atomic E-state index is 8.98. The summed E-state index contributed by atoms with van der Waals surface area (Å²) >= 11 is 0. The molecular formula is C18H12BO2. The van der Waals surface area contributed by atoms with Crippen LogP contribution in [0.1, 0.15) is 0 Å². The third kappa shape index (κ3) is 2.03. The average molecular weight is 271 g/mol. The zero-order valence-electron chi connectivity index (χ0n) is 11.3. The first-order valence-corrected chi connectivity index (χ1v) is 6.84. The van der Waals surface area contributed by atoms with Gasteiger partial charge in [-0.2, -0.15) is 0 Å². The van der Waals surface area contributed by atoms with Crippen molar-refractivity contribution in [2.75, 3.05) is 0 Å². The van der Waals surface area contributed by atoms with Gasteiger partial charge in [-0.05, 0) is 29.3 Å². The second kappa shape index (κ2) is 4.79. The molecule has 0 aliphatic heterocycles. The molecule has 21 heavy (non-hydrogen) atoms. The molecule has 2 nitrogen and oxygen atoms in total.